The van der Waals surface area contributed by atoms with E-state index in [4.69, 9.17) is 4.74 Å². The zero-order chi connectivity index (χ0) is 14.9. The minimum atomic E-state index is 0.661. The van der Waals surface area contributed by atoms with Crippen LogP contribution in [0.5, 0.6) is 5.75 Å². The molecule has 2 aromatic rings. The predicted molar refractivity (Wildman–Crippen MR) is 82.7 cm³/mol. The van der Waals surface area contributed by atoms with Gasteiger partial charge in [0.2, 0.25) is 5.75 Å². The summed E-state index contributed by atoms with van der Waals surface area (Å²) in [5.74, 6) is 2.11. The molecule has 2 N–H and O–H groups in total. The summed E-state index contributed by atoms with van der Waals surface area (Å²) >= 11 is 0. The van der Waals surface area contributed by atoms with Gasteiger partial charge in [-0.25, -0.2) is 15.0 Å². The quantitative estimate of drug-likeness (QED) is 0.688. The van der Waals surface area contributed by atoms with Crippen molar-refractivity contribution < 1.29 is 4.74 Å². The van der Waals surface area contributed by atoms with Crippen LogP contribution < -0.4 is 15.4 Å². The van der Waals surface area contributed by atoms with Crippen LogP contribution in [0, 0.1) is 0 Å². The highest BCUT2D eigenvalue weighted by Crippen LogP contribution is 2.28. The Bertz CT molecular complexity index is 528. The van der Waals surface area contributed by atoms with Gasteiger partial charge in [-0.1, -0.05) is 6.92 Å². The first-order chi connectivity index (χ1) is 10.3. The zero-order valence-corrected chi connectivity index (χ0v) is 12.5. The van der Waals surface area contributed by atoms with E-state index in [0.29, 0.717) is 5.75 Å². The van der Waals surface area contributed by atoms with Crippen molar-refractivity contribution in [3.63, 3.8) is 0 Å². The fourth-order valence-corrected chi connectivity index (χ4v) is 1.95. The van der Waals surface area contributed by atoms with Gasteiger partial charge in [0, 0.05) is 32.0 Å². The molecule has 0 spiro atoms. The lowest BCUT2D eigenvalue weighted by atomic mass is 10.4. The Hall–Kier alpha value is -2.31. The Labute approximate surface area is 124 Å². The highest BCUT2D eigenvalue weighted by molar-refractivity contribution is 5.63. The van der Waals surface area contributed by atoms with E-state index in [1.165, 1.54) is 0 Å². The van der Waals surface area contributed by atoms with Gasteiger partial charge in [-0.2, -0.15) is 0 Å². The summed E-state index contributed by atoms with van der Waals surface area (Å²) in [7, 11) is 1.63. The van der Waals surface area contributed by atoms with Gasteiger partial charge in [0.1, 0.15) is 6.33 Å². The minimum Gasteiger partial charge on any atom is -0.490 e. The van der Waals surface area contributed by atoms with Crippen LogP contribution in [0.3, 0.4) is 0 Å². The molecule has 0 bridgehead atoms. The first kappa shape index (κ1) is 15.1. The fraction of sp³-hybridized carbons (Fsp3) is 0.500. The van der Waals surface area contributed by atoms with E-state index < -0.39 is 0 Å². The molecule has 0 aromatic carbocycles. The largest absolute Gasteiger partial charge is 0.490 e. The molecule has 0 saturated carbocycles. The van der Waals surface area contributed by atoms with Crippen LogP contribution in [-0.4, -0.2) is 39.7 Å². The van der Waals surface area contributed by atoms with Crippen molar-refractivity contribution in [2.45, 2.75) is 26.3 Å². The first-order valence-electron chi connectivity index (χ1n) is 7.17. The molecular weight excluding hydrogens is 268 g/mol. The summed E-state index contributed by atoms with van der Waals surface area (Å²) in [4.78, 5) is 12.5. The maximum absolute atomic E-state index is 5.41. The standard InChI is InChI=1S/C14H22N6O/c1-3-5-16-13-12(21-2)14(19-10-18-13)17-6-4-8-20-9-7-15-11-20/h7,9-11H,3-6,8H2,1-2H3,(H2,16,17,18,19). The predicted octanol–water partition coefficient (Wildman–Crippen LogP) is 2.01. The van der Waals surface area contributed by atoms with Gasteiger partial charge in [0.25, 0.3) is 0 Å². The molecule has 0 aliphatic carbocycles. The van der Waals surface area contributed by atoms with Crippen molar-refractivity contribution in [1.29, 1.82) is 0 Å². The van der Waals surface area contributed by atoms with E-state index in [1.807, 2.05) is 17.1 Å². The highest BCUT2D eigenvalue weighted by atomic mass is 16.5. The van der Waals surface area contributed by atoms with E-state index in [0.717, 1.165) is 44.1 Å². The van der Waals surface area contributed by atoms with E-state index in [2.05, 4.69) is 32.5 Å². The molecule has 114 valence electrons. The normalized spacial score (nSPS) is 10.4. The highest BCUT2D eigenvalue weighted by Gasteiger charge is 2.10. The lowest BCUT2D eigenvalue weighted by Crippen LogP contribution is -2.11. The third-order valence-corrected chi connectivity index (χ3v) is 3.00. The molecule has 0 saturated heterocycles. The first-order valence-corrected chi connectivity index (χ1v) is 7.17. The van der Waals surface area contributed by atoms with E-state index in [1.54, 1.807) is 19.6 Å². The van der Waals surface area contributed by atoms with Crippen LogP contribution in [0.15, 0.2) is 25.0 Å². The Morgan fingerprint density at radius 3 is 2.57 bits per heavy atom. The van der Waals surface area contributed by atoms with Gasteiger partial charge in [0.05, 0.1) is 13.4 Å². The number of hydrogen-bond donors (Lipinski definition) is 2. The molecule has 7 nitrogen and oxygen atoms in total. The second kappa shape index (κ2) is 8.08. The number of rotatable bonds is 9. The summed E-state index contributed by atoms with van der Waals surface area (Å²) in [5.41, 5.74) is 0. The van der Waals surface area contributed by atoms with Crippen LogP contribution in [0.25, 0.3) is 0 Å². The molecule has 0 fully saturated rings. The van der Waals surface area contributed by atoms with Crippen molar-refractivity contribution >= 4 is 11.6 Å². The summed E-state index contributed by atoms with van der Waals surface area (Å²) < 4.78 is 7.46. The van der Waals surface area contributed by atoms with Crippen molar-refractivity contribution in [2.24, 2.45) is 0 Å². The number of ether oxygens (including phenoxy) is 1. The number of methoxy groups -OCH3 is 1. The van der Waals surface area contributed by atoms with Crippen LogP contribution >= 0.6 is 0 Å². The van der Waals surface area contributed by atoms with Gasteiger partial charge < -0.3 is 19.9 Å². The summed E-state index contributed by atoms with van der Waals surface area (Å²) in [6.07, 6.45) is 9.10. The van der Waals surface area contributed by atoms with E-state index >= 15 is 0 Å². The van der Waals surface area contributed by atoms with Crippen molar-refractivity contribution in [3.05, 3.63) is 25.0 Å². The van der Waals surface area contributed by atoms with Gasteiger partial charge in [-0.3, -0.25) is 0 Å². The van der Waals surface area contributed by atoms with Gasteiger partial charge in [-0.15, -0.1) is 0 Å². The third kappa shape index (κ3) is 4.34. The number of nitrogens with zero attached hydrogens (tertiary/aromatic N) is 4. The maximum atomic E-state index is 5.41. The fourth-order valence-electron chi connectivity index (χ4n) is 1.95. The van der Waals surface area contributed by atoms with Gasteiger partial charge in [0.15, 0.2) is 11.6 Å². The average Bonchev–Trinajstić information content (AvgIpc) is 3.02. The molecule has 2 heterocycles. The molecule has 0 aliphatic rings. The SMILES string of the molecule is CCCNc1ncnc(NCCCn2ccnc2)c1OC. The minimum absolute atomic E-state index is 0.661. The second-order valence-electron chi connectivity index (χ2n) is 4.61. The topological polar surface area (TPSA) is 76.9 Å². The summed E-state index contributed by atoms with van der Waals surface area (Å²) in [5, 5.41) is 6.53. The molecular formula is C14H22N6O. The van der Waals surface area contributed by atoms with Crippen LogP contribution in [0.4, 0.5) is 11.6 Å². The molecule has 0 atom stereocenters. The lowest BCUT2D eigenvalue weighted by molar-refractivity contribution is 0.414. The van der Waals surface area contributed by atoms with Crippen LogP contribution in [-0.2, 0) is 6.54 Å². The number of anilines is 2. The molecule has 2 aromatic heterocycles. The molecule has 0 unspecified atom stereocenters. The Kier molecular flexibility index (Phi) is 5.81. The lowest BCUT2D eigenvalue weighted by Gasteiger charge is -2.13. The number of imidazole rings is 1. The zero-order valence-electron chi connectivity index (χ0n) is 12.5. The Morgan fingerprint density at radius 1 is 1.19 bits per heavy atom. The van der Waals surface area contributed by atoms with Gasteiger partial charge >= 0.3 is 0 Å². The third-order valence-electron chi connectivity index (χ3n) is 3.00. The number of aromatic nitrogens is 4. The molecule has 2 rings (SSSR count). The molecule has 0 amide bonds. The van der Waals surface area contributed by atoms with Crippen molar-refractivity contribution in [3.8, 4) is 5.75 Å². The van der Waals surface area contributed by atoms with E-state index in [9.17, 15) is 0 Å². The number of nitrogens with one attached hydrogen (secondary N) is 2. The molecule has 7 heteroatoms. The van der Waals surface area contributed by atoms with Crippen molar-refractivity contribution in [1.82, 2.24) is 19.5 Å². The molecule has 0 radical (unpaired) electrons. The number of hydrogen-bond acceptors (Lipinski definition) is 6. The van der Waals surface area contributed by atoms with Crippen molar-refractivity contribution in [2.75, 3.05) is 30.8 Å². The number of aryl methyl sites for hydroxylation is 1. The summed E-state index contributed by atoms with van der Waals surface area (Å²) in [6, 6.07) is 0. The monoisotopic (exact) mass is 290 g/mol. The van der Waals surface area contributed by atoms with E-state index in [-0.39, 0.29) is 0 Å². The second-order valence-corrected chi connectivity index (χ2v) is 4.61. The Balaban J connectivity index is 1.89. The smallest absolute Gasteiger partial charge is 0.204 e. The molecule has 0 aliphatic heterocycles. The molecule has 21 heavy (non-hydrogen) atoms. The maximum Gasteiger partial charge on any atom is 0.204 e. The van der Waals surface area contributed by atoms with Crippen LogP contribution in [0.1, 0.15) is 19.8 Å². The Morgan fingerprint density at radius 2 is 1.95 bits per heavy atom. The van der Waals surface area contributed by atoms with Gasteiger partial charge in [-0.05, 0) is 12.8 Å². The summed E-state index contributed by atoms with van der Waals surface area (Å²) in [6.45, 7) is 4.68. The van der Waals surface area contributed by atoms with Crippen LogP contribution in [0.2, 0.25) is 0 Å². The average molecular weight is 290 g/mol.